The average molecular weight is 284 g/mol. The largest absolute Gasteiger partial charge is 0.506 e. The normalized spacial score (nSPS) is 20.1. The Morgan fingerprint density at radius 2 is 2.16 bits per heavy atom. The number of phenolic OH excluding ortho intramolecular Hbond substituents is 1. The SMILES string of the molecule is O=C(c1ccc(O)c(Cl)c1)N1CCCCCC1CO. The predicted molar refractivity (Wildman–Crippen MR) is 73.5 cm³/mol. The van der Waals surface area contributed by atoms with Crippen molar-refractivity contribution in [1.82, 2.24) is 4.90 Å². The Labute approximate surface area is 117 Å². The van der Waals surface area contributed by atoms with Gasteiger partial charge in [-0.3, -0.25) is 4.79 Å². The molecule has 1 aliphatic rings. The zero-order valence-electron chi connectivity index (χ0n) is 10.7. The van der Waals surface area contributed by atoms with Gasteiger partial charge in [-0.15, -0.1) is 0 Å². The van der Waals surface area contributed by atoms with Crippen LogP contribution in [0.3, 0.4) is 0 Å². The van der Waals surface area contributed by atoms with E-state index in [-0.39, 0.29) is 29.3 Å². The molecule has 4 nitrogen and oxygen atoms in total. The van der Waals surface area contributed by atoms with Crippen LogP contribution in [0.1, 0.15) is 36.0 Å². The van der Waals surface area contributed by atoms with E-state index in [0.717, 1.165) is 25.7 Å². The third-order valence-electron chi connectivity index (χ3n) is 3.54. The lowest BCUT2D eigenvalue weighted by Gasteiger charge is -2.28. The molecule has 1 amide bonds. The highest BCUT2D eigenvalue weighted by molar-refractivity contribution is 6.32. The van der Waals surface area contributed by atoms with Crippen LogP contribution in [-0.2, 0) is 0 Å². The number of carbonyl (C=O) groups is 1. The van der Waals surface area contributed by atoms with Gasteiger partial charge in [-0.05, 0) is 31.0 Å². The summed E-state index contributed by atoms with van der Waals surface area (Å²) in [5.74, 6) is -0.171. The molecule has 0 aromatic heterocycles. The molecule has 0 radical (unpaired) electrons. The first-order valence-electron chi connectivity index (χ1n) is 6.54. The van der Waals surface area contributed by atoms with Crippen LogP contribution < -0.4 is 0 Å². The molecule has 1 unspecified atom stereocenters. The summed E-state index contributed by atoms with van der Waals surface area (Å²) in [7, 11) is 0. The minimum Gasteiger partial charge on any atom is -0.506 e. The summed E-state index contributed by atoms with van der Waals surface area (Å²) < 4.78 is 0. The number of aliphatic hydroxyl groups is 1. The Morgan fingerprint density at radius 1 is 1.37 bits per heavy atom. The zero-order chi connectivity index (χ0) is 13.8. The summed E-state index contributed by atoms with van der Waals surface area (Å²) >= 11 is 5.83. The average Bonchev–Trinajstić information content (AvgIpc) is 2.66. The van der Waals surface area contributed by atoms with Crippen LogP contribution in [0.2, 0.25) is 5.02 Å². The monoisotopic (exact) mass is 283 g/mol. The molecule has 1 fully saturated rings. The molecule has 1 aliphatic heterocycles. The summed E-state index contributed by atoms with van der Waals surface area (Å²) in [6.45, 7) is 0.639. The molecule has 2 rings (SSSR count). The van der Waals surface area contributed by atoms with Gasteiger partial charge in [-0.1, -0.05) is 24.4 Å². The van der Waals surface area contributed by atoms with Crippen LogP contribution in [0, 0.1) is 0 Å². The fraction of sp³-hybridized carbons (Fsp3) is 0.500. The van der Waals surface area contributed by atoms with Crippen LogP contribution in [0.4, 0.5) is 0 Å². The van der Waals surface area contributed by atoms with Crippen molar-refractivity contribution in [3.63, 3.8) is 0 Å². The third kappa shape index (κ3) is 3.19. The fourth-order valence-corrected chi connectivity index (χ4v) is 2.62. The Morgan fingerprint density at radius 3 is 2.84 bits per heavy atom. The highest BCUT2D eigenvalue weighted by atomic mass is 35.5. The quantitative estimate of drug-likeness (QED) is 0.876. The van der Waals surface area contributed by atoms with E-state index < -0.39 is 0 Å². The standard InChI is InChI=1S/C14H18ClNO3/c15-12-8-10(5-6-13(12)18)14(19)16-7-3-1-2-4-11(16)9-17/h5-6,8,11,17-18H,1-4,7,9H2. The minimum absolute atomic E-state index is 0.0163. The van der Waals surface area contributed by atoms with E-state index >= 15 is 0 Å². The van der Waals surface area contributed by atoms with E-state index in [0.29, 0.717) is 12.1 Å². The first-order valence-corrected chi connectivity index (χ1v) is 6.91. The van der Waals surface area contributed by atoms with Crippen LogP contribution in [0.15, 0.2) is 18.2 Å². The van der Waals surface area contributed by atoms with Crippen molar-refractivity contribution in [2.45, 2.75) is 31.7 Å². The van der Waals surface area contributed by atoms with E-state index in [9.17, 15) is 15.0 Å². The number of aliphatic hydroxyl groups excluding tert-OH is 1. The predicted octanol–water partition coefficient (Wildman–Crippen LogP) is 2.42. The maximum absolute atomic E-state index is 12.5. The maximum atomic E-state index is 12.5. The molecule has 2 N–H and O–H groups in total. The van der Waals surface area contributed by atoms with E-state index in [1.807, 2.05) is 0 Å². The number of halogens is 1. The molecule has 0 saturated carbocycles. The Kier molecular flexibility index (Phi) is 4.66. The lowest BCUT2D eigenvalue weighted by molar-refractivity contribution is 0.0600. The van der Waals surface area contributed by atoms with Crippen molar-refractivity contribution in [3.8, 4) is 5.75 Å². The molecule has 1 aromatic rings. The van der Waals surface area contributed by atoms with Crippen LogP contribution >= 0.6 is 11.6 Å². The van der Waals surface area contributed by atoms with Gasteiger partial charge in [-0.25, -0.2) is 0 Å². The van der Waals surface area contributed by atoms with Crippen LogP contribution in [-0.4, -0.2) is 40.2 Å². The molecule has 0 bridgehead atoms. The Hall–Kier alpha value is -1.26. The van der Waals surface area contributed by atoms with Crippen molar-refractivity contribution in [2.24, 2.45) is 0 Å². The summed E-state index contributed by atoms with van der Waals surface area (Å²) in [6, 6.07) is 4.32. The number of phenols is 1. The maximum Gasteiger partial charge on any atom is 0.254 e. The number of carbonyl (C=O) groups excluding carboxylic acids is 1. The Bertz CT molecular complexity index is 464. The molecule has 1 atom stereocenters. The summed E-state index contributed by atoms with van der Waals surface area (Å²) in [6.07, 6.45) is 3.89. The van der Waals surface area contributed by atoms with Gasteiger partial charge in [0.1, 0.15) is 5.75 Å². The smallest absolute Gasteiger partial charge is 0.254 e. The molecule has 1 aromatic carbocycles. The number of amides is 1. The lowest BCUT2D eigenvalue weighted by atomic mass is 10.1. The van der Waals surface area contributed by atoms with Gasteiger partial charge >= 0.3 is 0 Å². The molecule has 1 saturated heterocycles. The van der Waals surface area contributed by atoms with Crippen molar-refractivity contribution in [3.05, 3.63) is 28.8 Å². The fourth-order valence-electron chi connectivity index (χ4n) is 2.44. The number of hydrogen-bond acceptors (Lipinski definition) is 3. The van der Waals surface area contributed by atoms with E-state index in [1.165, 1.54) is 12.1 Å². The minimum atomic E-state index is -0.136. The van der Waals surface area contributed by atoms with Gasteiger partial charge in [0.05, 0.1) is 17.7 Å². The van der Waals surface area contributed by atoms with Crippen molar-refractivity contribution >= 4 is 17.5 Å². The zero-order valence-corrected chi connectivity index (χ0v) is 11.4. The highest BCUT2D eigenvalue weighted by Crippen LogP contribution is 2.26. The third-order valence-corrected chi connectivity index (χ3v) is 3.85. The number of nitrogens with zero attached hydrogens (tertiary/aromatic N) is 1. The van der Waals surface area contributed by atoms with Crippen LogP contribution in [0.5, 0.6) is 5.75 Å². The molecule has 19 heavy (non-hydrogen) atoms. The molecule has 104 valence electrons. The molecule has 0 spiro atoms. The summed E-state index contributed by atoms with van der Waals surface area (Å²) in [5, 5.41) is 19.0. The van der Waals surface area contributed by atoms with E-state index in [2.05, 4.69) is 0 Å². The number of aromatic hydroxyl groups is 1. The van der Waals surface area contributed by atoms with Crippen LogP contribution in [0.25, 0.3) is 0 Å². The number of benzene rings is 1. The molecular weight excluding hydrogens is 266 g/mol. The van der Waals surface area contributed by atoms with Crippen molar-refractivity contribution in [1.29, 1.82) is 0 Å². The van der Waals surface area contributed by atoms with Gasteiger partial charge in [-0.2, -0.15) is 0 Å². The summed E-state index contributed by atoms with van der Waals surface area (Å²) in [4.78, 5) is 14.2. The van der Waals surface area contributed by atoms with Gasteiger partial charge in [0, 0.05) is 12.1 Å². The van der Waals surface area contributed by atoms with Gasteiger partial charge in [0.25, 0.3) is 5.91 Å². The number of hydrogen-bond donors (Lipinski definition) is 2. The molecule has 5 heteroatoms. The van der Waals surface area contributed by atoms with Gasteiger partial charge < -0.3 is 15.1 Å². The van der Waals surface area contributed by atoms with Gasteiger partial charge in [0.2, 0.25) is 0 Å². The number of rotatable bonds is 2. The summed E-state index contributed by atoms with van der Waals surface area (Å²) in [5.41, 5.74) is 0.447. The topological polar surface area (TPSA) is 60.8 Å². The first kappa shape index (κ1) is 14.2. The molecule has 0 aliphatic carbocycles. The number of likely N-dealkylation sites (tertiary alicyclic amines) is 1. The highest BCUT2D eigenvalue weighted by Gasteiger charge is 2.25. The van der Waals surface area contributed by atoms with Gasteiger partial charge in [0.15, 0.2) is 0 Å². The first-order chi connectivity index (χ1) is 9.13. The lowest BCUT2D eigenvalue weighted by Crippen LogP contribution is -2.42. The molecule has 1 heterocycles. The second kappa shape index (κ2) is 6.26. The van der Waals surface area contributed by atoms with E-state index in [4.69, 9.17) is 11.6 Å². The second-order valence-corrected chi connectivity index (χ2v) is 5.26. The van der Waals surface area contributed by atoms with Crippen molar-refractivity contribution < 1.29 is 15.0 Å². The second-order valence-electron chi connectivity index (χ2n) is 4.85. The Balaban J connectivity index is 2.22. The van der Waals surface area contributed by atoms with E-state index in [1.54, 1.807) is 11.0 Å². The molecular formula is C14H18ClNO3. The van der Waals surface area contributed by atoms with Crippen molar-refractivity contribution in [2.75, 3.05) is 13.2 Å².